The molecule has 2 aliphatic heterocycles. The van der Waals surface area contributed by atoms with Gasteiger partial charge in [-0.15, -0.1) is 0 Å². The summed E-state index contributed by atoms with van der Waals surface area (Å²) in [5.41, 5.74) is 1.62. The number of ether oxygens (including phenoxy) is 1. The van der Waals surface area contributed by atoms with E-state index in [1.165, 1.54) is 0 Å². The van der Waals surface area contributed by atoms with Gasteiger partial charge in [-0.25, -0.2) is 0 Å². The van der Waals surface area contributed by atoms with Crippen molar-refractivity contribution in [3.8, 4) is 5.75 Å². The Labute approximate surface area is 177 Å². The minimum absolute atomic E-state index is 0.0582. The molecule has 0 spiro atoms. The largest absolute Gasteiger partial charge is 0.497 e. The highest BCUT2D eigenvalue weighted by Crippen LogP contribution is 2.36. The number of carbonyl (C=O) groups is 2. The van der Waals surface area contributed by atoms with E-state index in [1.807, 2.05) is 42.5 Å². The number of piperazine rings is 1. The molecule has 0 atom stereocenters. The predicted octanol–water partition coefficient (Wildman–Crippen LogP) is 2.58. The van der Waals surface area contributed by atoms with Crippen LogP contribution in [-0.4, -0.2) is 62.1 Å². The van der Waals surface area contributed by atoms with Crippen LogP contribution in [0, 0.1) is 0 Å². The van der Waals surface area contributed by atoms with E-state index in [2.05, 4.69) is 21.2 Å². The van der Waals surface area contributed by atoms with Gasteiger partial charge < -0.3 is 15.0 Å². The molecule has 0 saturated carbocycles. The number of fused-ring (bicyclic) bond motifs is 1. The normalized spacial score (nSPS) is 18.6. The summed E-state index contributed by atoms with van der Waals surface area (Å²) >= 11 is 0. The first-order valence-corrected chi connectivity index (χ1v) is 10.2. The number of rotatable bonds is 4. The van der Waals surface area contributed by atoms with E-state index in [-0.39, 0.29) is 18.4 Å². The van der Waals surface area contributed by atoms with Crippen molar-refractivity contribution in [3.05, 3.63) is 48.5 Å². The van der Waals surface area contributed by atoms with E-state index in [1.54, 1.807) is 25.9 Å². The molecule has 0 bridgehead atoms. The third-order valence-corrected chi connectivity index (χ3v) is 5.91. The number of amides is 2. The summed E-state index contributed by atoms with van der Waals surface area (Å²) in [7, 11) is 1.67. The molecule has 7 heteroatoms. The molecule has 158 valence electrons. The lowest BCUT2D eigenvalue weighted by Gasteiger charge is -2.43. The molecule has 4 rings (SSSR count). The molecule has 7 nitrogen and oxygen atoms in total. The second kappa shape index (κ2) is 7.99. The first kappa shape index (κ1) is 20.2. The number of anilines is 3. The van der Waals surface area contributed by atoms with Gasteiger partial charge in [0, 0.05) is 37.9 Å². The minimum Gasteiger partial charge on any atom is -0.497 e. The van der Waals surface area contributed by atoms with Crippen molar-refractivity contribution in [2.45, 2.75) is 19.4 Å². The fourth-order valence-electron chi connectivity index (χ4n) is 4.13. The third-order valence-electron chi connectivity index (χ3n) is 5.91. The standard InChI is InChI=1S/C23H28N4O3/c1-23(2)22(29)24-19-9-4-5-10-20(19)27(23)21(28)16-25-11-13-26(14-12-25)17-7-6-8-18(15-17)30-3/h4-10,15H,11-14,16H2,1-3H3,(H,24,29). The SMILES string of the molecule is COc1cccc(N2CCN(CC(=O)N3c4ccccc4NC(=O)C3(C)C)CC2)c1. The van der Waals surface area contributed by atoms with Crippen molar-refractivity contribution < 1.29 is 14.3 Å². The Kier molecular flexibility index (Phi) is 5.39. The first-order chi connectivity index (χ1) is 14.4. The van der Waals surface area contributed by atoms with Crippen molar-refractivity contribution in [2.75, 3.05) is 55.0 Å². The second-order valence-corrected chi connectivity index (χ2v) is 8.22. The minimum atomic E-state index is -0.937. The lowest BCUT2D eigenvalue weighted by molar-refractivity contribution is -0.127. The van der Waals surface area contributed by atoms with Gasteiger partial charge in [0.1, 0.15) is 11.3 Å². The number of carbonyl (C=O) groups excluding carboxylic acids is 2. The summed E-state index contributed by atoms with van der Waals surface area (Å²) in [5.74, 6) is 0.615. The van der Waals surface area contributed by atoms with Crippen LogP contribution in [0.3, 0.4) is 0 Å². The molecular weight excluding hydrogens is 380 g/mol. The average molecular weight is 409 g/mol. The number of nitrogens with one attached hydrogen (secondary N) is 1. The maximum atomic E-state index is 13.3. The lowest BCUT2D eigenvalue weighted by atomic mass is 9.96. The molecule has 1 N–H and O–H groups in total. The van der Waals surface area contributed by atoms with Gasteiger partial charge >= 0.3 is 0 Å². The Morgan fingerprint density at radius 3 is 2.53 bits per heavy atom. The van der Waals surface area contributed by atoms with E-state index < -0.39 is 5.54 Å². The van der Waals surface area contributed by atoms with E-state index in [9.17, 15) is 9.59 Å². The van der Waals surface area contributed by atoms with Crippen LogP contribution in [0.1, 0.15) is 13.8 Å². The number of methoxy groups -OCH3 is 1. The summed E-state index contributed by atoms with van der Waals surface area (Å²) in [5, 5.41) is 2.91. The topological polar surface area (TPSA) is 65.1 Å². The maximum absolute atomic E-state index is 13.3. The van der Waals surface area contributed by atoms with Gasteiger partial charge in [-0.1, -0.05) is 18.2 Å². The smallest absolute Gasteiger partial charge is 0.250 e. The predicted molar refractivity (Wildman–Crippen MR) is 118 cm³/mol. The van der Waals surface area contributed by atoms with E-state index in [4.69, 9.17) is 4.74 Å². The highest BCUT2D eigenvalue weighted by molar-refractivity contribution is 6.14. The molecular formula is C23H28N4O3. The van der Waals surface area contributed by atoms with Crippen LogP contribution >= 0.6 is 0 Å². The van der Waals surface area contributed by atoms with Crippen molar-refractivity contribution in [1.82, 2.24) is 4.90 Å². The Morgan fingerprint density at radius 1 is 1.07 bits per heavy atom. The third kappa shape index (κ3) is 3.73. The van der Waals surface area contributed by atoms with Gasteiger partial charge in [0.25, 0.3) is 0 Å². The number of nitrogens with zero attached hydrogens (tertiary/aromatic N) is 3. The quantitative estimate of drug-likeness (QED) is 0.843. The summed E-state index contributed by atoms with van der Waals surface area (Å²) in [6, 6.07) is 15.5. The average Bonchev–Trinajstić information content (AvgIpc) is 2.75. The van der Waals surface area contributed by atoms with Crippen molar-refractivity contribution in [1.29, 1.82) is 0 Å². The van der Waals surface area contributed by atoms with Crippen molar-refractivity contribution in [2.24, 2.45) is 0 Å². The highest BCUT2D eigenvalue weighted by Gasteiger charge is 2.43. The molecule has 2 aliphatic rings. The second-order valence-electron chi connectivity index (χ2n) is 8.22. The molecule has 2 heterocycles. The Balaban J connectivity index is 1.44. The molecule has 1 fully saturated rings. The summed E-state index contributed by atoms with van der Waals surface area (Å²) in [4.78, 5) is 32.0. The van der Waals surface area contributed by atoms with Crippen LogP contribution in [0.4, 0.5) is 17.1 Å². The monoisotopic (exact) mass is 408 g/mol. The number of para-hydroxylation sites is 2. The molecule has 1 saturated heterocycles. The van der Waals surface area contributed by atoms with Gasteiger partial charge in [0.15, 0.2) is 0 Å². The molecule has 2 amide bonds. The molecule has 2 aromatic rings. The van der Waals surface area contributed by atoms with E-state index >= 15 is 0 Å². The Bertz CT molecular complexity index is 951. The van der Waals surface area contributed by atoms with Crippen LogP contribution in [0.15, 0.2) is 48.5 Å². The Hall–Kier alpha value is -3.06. The zero-order valence-corrected chi connectivity index (χ0v) is 17.7. The molecule has 30 heavy (non-hydrogen) atoms. The molecule has 0 aliphatic carbocycles. The van der Waals surface area contributed by atoms with Crippen LogP contribution in [-0.2, 0) is 9.59 Å². The van der Waals surface area contributed by atoms with Crippen LogP contribution in [0.25, 0.3) is 0 Å². The zero-order chi connectivity index (χ0) is 21.3. The summed E-state index contributed by atoms with van der Waals surface area (Å²) in [6.45, 7) is 7.10. The van der Waals surface area contributed by atoms with Gasteiger partial charge in [-0.2, -0.15) is 0 Å². The highest BCUT2D eigenvalue weighted by atomic mass is 16.5. The van der Waals surface area contributed by atoms with Crippen LogP contribution in [0.2, 0.25) is 0 Å². The maximum Gasteiger partial charge on any atom is 0.250 e. The fourth-order valence-corrected chi connectivity index (χ4v) is 4.13. The van der Waals surface area contributed by atoms with E-state index in [0.717, 1.165) is 43.3 Å². The summed E-state index contributed by atoms with van der Waals surface area (Å²) in [6.07, 6.45) is 0. The fraction of sp³-hybridized carbons (Fsp3) is 0.391. The molecule has 0 aromatic heterocycles. The zero-order valence-electron chi connectivity index (χ0n) is 17.7. The van der Waals surface area contributed by atoms with E-state index in [0.29, 0.717) is 5.69 Å². The number of hydrogen-bond acceptors (Lipinski definition) is 5. The van der Waals surface area contributed by atoms with Gasteiger partial charge in [0.05, 0.1) is 25.0 Å². The van der Waals surface area contributed by atoms with Crippen LogP contribution in [0.5, 0.6) is 5.75 Å². The van der Waals surface area contributed by atoms with Gasteiger partial charge in [0.2, 0.25) is 11.8 Å². The molecule has 0 radical (unpaired) electrons. The first-order valence-electron chi connectivity index (χ1n) is 10.2. The van der Waals surface area contributed by atoms with Crippen LogP contribution < -0.4 is 19.9 Å². The lowest BCUT2D eigenvalue weighted by Crippen LogP contribution is -2.61. The Morgan fingerprint density at radius 2 is 1.80 bits per heavy atom. The van der Waals surface area contributed by atoms with Crippen molar-refractivity contribution >= 4 is 28.9 Å². The molecule has 0 unspecified atom stereocenters. The molecule has 2 aromatic carbocycles. The van der Waals surface area contributed by atoms with Crippen molar-refractivity contribution in [3.63, 3.8) is 0 Å². The number of hydrogen-bond donors (Lipinski definition) is 1. The summed E-state index contributed by atoms with van der Waals surface area (Å²) < 4.78 is 5.32. The van der Waals surface area contributed by atoms with Gasteiger partial charge in [-0.3, -0.25) is 19.4 Å². The van der Waals surface area contributed by atoms with Gasteiger partial charge in [-0.05, 0) is 38.1 Å². The number of benzene rings is 2.